The second kappa shape index (κ2) is 11.9. The molecule has 0 bridgehead atoms. The number of rotatable bonds is 5. The van der Waals surface area contributed by atoms with Crippen LogP contribution < -0.4 is 6.64 Å². The molecule has 33 heavy (non-hydrogen) atoms. The third-order valence-electron chi connectivity index (χ3n) is 4.72. The van der Waals surface area contributed by atoms with Crippen molar-refractivity contribution in [2.45, 2.75) is 52.4 Å². The molecule has 0 saturated heterocycles. The molecule has 0 spiro atoms. The predicted molar refractivity (Wildman–Crippen MR) is 135 cm³/mol. The first-order chi connectivity index (χ1) is 14.4. The van der Waals surface area contributed by atoms with Crippen molar-refractivity contribution in [3.05, 3.63) is 81.5 Å². The molecule has 8 heteroatoms. The molecule has 0 radical (unpaired) electrons. The summed E-state index contributed by atoms with van der Waals surface area (Å²) in [6, 6.07) is 13.2. The van der Waals surface area contributed by atoms with Crippen LogP contribution in [-0.4, -0.2) is 4.31 Å². The van der Waals surface area contributed by atoms with Crippen molar-refractivity contribution in [1.29, 1.82) is 0 Å². The molecule has 3 aromatic rings. The van der Waals surface area contributed by atoms with Gasteiger partial charge in [-0.05, 0) is 0 Å². The molecule has 0 aliphatic rings. The van der Waals surface area contributed by atoms with Crippen LogP contribution in [0, 0.1) is 11.6 Å². The van der Waals surface area contributed by atoms with Gasteiger partial charge in [-0.3, -0.25) is 0 Å². The van der Waals surface area contributed by atoms with Crippen molar-refractivity contribution in [2.24, 2.45) is 0 Å². The number of thiophene rings is 1. The molecule has 0 N–H and O–H groups in total. The number of halogens is 4. The van der Waals surface area contributed by atoms with Crippen molar-refractivity contribution in [1.82, 2.24) is 0 Å². The first-order valence-corrected chi connectivity index (χ1v) is 13.2. The summed E-state index contributed by atoms with van der Waals surface area (Å²) in [4.78, 5) is 1.05. The standard InChI is InChI=1S/2C10H13FO.C5H4S.2ClH.Ti/c2*1-10(2,3)8-6-7(11)4-5-9(8)12;1-5-3-2-4-6-5;;;/h2*4-6,12H,1-3H3;1-4H;2*1H;/q;;;;;+2/p-2. The van der Waals surface area contributed by atoms with E-state index >= 15 is 0 Å². The van der Waals surface area contributed by atoms with Crippen molar-refractivity contribution >= 4 is 40.5 Å². The largest absolute Gasteiger partial charge is 0.147 e. The molecule has 3 rings (SSSR count). The van der Waals surface area contributed by atoms with Crippen LogP contribution >= 0.6 is 36.2 Å². The van der Waals surface area contributed by atoms with Crippen LogP contribution in [0.2, 0.25) is 0 Å². The van der Waals surface area contributed by atoms with Gasteiger partial charge in [-0.15, -0.1) is 24.8 Å². The van der Waals surface area contributed by atoms with E-state index in [1.54, 1.807) is 23.5 Å². The van der Waals surface area contributed by atoms with Crippen LogP contribution in [0.4, 0.5) is 8.78 Å². The Morgan fingerprint density at radius 2 is 1.21 bits per heavy atom. The quantitative estimate of drug-likeness (QED) is 0.298. The van der Waals surface area contributed by atoms with E-state index in [2.05, 4.69) is 0 Å². The summed E-state index contributed by atoms with van der Waals surface area (Å²) >= 11 is -1.21. The monoisotopic (exact) mass is 550 g/mol. The van der Waals surface area contributed by atoms with Gasteiger partial charge >= 0.3 is 195 Å². The maximum atomic E-state index is 14.0. The second-order valence-electron chi connectivity index (χ2n) is 9.46. The minimum absolute atomic E-state index is 0. The van der Waals surface area contributed by atoms with Crippen LogP contribution in [0.3, 0.4) is 0 Å². The summed E-state index contributed by atoms with van der Waals surface area (Å²) in [6.45, 7) is 12.1. The Morgan fingerprint density at radius 3 is 1.58 bits per heavy atom. The van der Waals surface area contributed by atoms with Gasteiger partial charge in [-0.1, -0.05) is 0 Å². The number of benzene rings is 2. The Labute approximate surface area is 218 Å². The van der Waals surface area contributed by atoms with E-state index in [1.165, 1.54) is 24.3 Å². The minimum Gasteiger partial charge on any atom is -0.147 e. The summed E-state index contributed by atoms with van der Waals surface area (Å²) in [5.74, 6) is 0.651. The molecule has 0 atom stereocenters. The molecule has 180 valence electrons. The van der Waals surface area contributed by atoms with Crippen molar-refractivity contribution in [3.63, 3.8) is 0 Å². The SMILES string of the molecule is CC(C)(C)c1cc(F)ccc1[O][Ti](=[CH]c1cccs1)[O]c1ccc(F)cc1C(C)(C)C.Cl.Cl. The molecule has 2 aromatic carbocycles. The maximum Gasteiger partial charge on any atom is -0.147 e. The van der Waals surface area contributed by atoms with E-state index in [4.69, 9.17) is 6.64 Å². The average molecular weight is 551 g/mol. The van der Waals surface area contributed by atoms with E-state index < -0.39 is 18.2 Å². The van der Waals surface area contributed by atoms with Crippen LogP contribution in [0.1, 0.15) is 57.5 Å². The van der Waals surface area contributed by atoms with E-state index in [1.807, 2.05) is 63.4 Å². The maximum absolute atomic E-state index is 14.0. The van der Waals surface area contributed by atoms with Gasteiger partial charge in [0.25, 0.3) is 0 Å². The Hall–Kier alpha value is -1.24. The van der Waals surface area contributed by atoms with Gasteiger partial charge in [-0.25, -0.2) is 0 Å². The second-order valence-corrected chi connectivity index (χ2v) is 12.5. The van der Waals surface area contributed by atoms with E-state index in [0.717, 1.165) is 16.0 Å². The third-order valence-corrected chi connectivity index (χ3v) is 8.04. The molecule has 0 unspecified atom stereocenters. The fourth-order valence-electron chi connectivity index (χ4n) is 3.14. The van der Waals surface area contributed by atoms with Crippen molar-refractivity contribution in [3.8, 4) is 11.5 Å². The van der Waals surface area contributed by atoms with E-state index in [0.29, 0.717) is 11.5 Å². The summed E-state index contributed by atoms with van der Waals surface area (Å²) in [5, 5.41) is 2.00. The molecule has 0 amide bonds. The molecular formula is C25H30Cl2F2O2STi. The first-order valence-electron chi connectivity index (χ1n) is 10.1. The van der Waals surface area contributed by atoms with Crippen LogP contribution in [0.15, 0.2) is 53.9 Å². The van der Waals surface area contributed by atoms with E-state index in [9.17, 15) is 8.78 Å². The Bertz CT molecular complexity index is 1020. The molecule has 0 aliphatic carbocycles. The molecule has 0 saturated carbocycles. The van der Waals surface area contributed by atoms with Crippen LogP contribution in [-0.2, 0) is 29.0 Å². The molecule has 2 nitrogen and oxygen atoms in total. The zero-order valence-corrected chi connectivity index (χ0v) is 23.6. The zero-order chi connectivity index (χ0) is 22.8. The van der Waals surface area contributed by atoms with Gasteiger partial charge < -0.3 is 0 Å². The fourth-order valence-corrected chi connectivity index (χ4v) is 6.39. The molecular weight excluding hydrogens is 521 g/mol. The number of hydrogen-bond donors (Lipinski definition) is 0. The smallest absolute Gasteiger partial charge is 0.147 e. The van der Waals surface area contributed by atoms with E-state index in [-0.39, 0.29) is 47.3 Å². The zero-order valence-electron chi connectivity index (χ0n) is 19.6. The van der Waals surface area contributed by atoms with Gasteiger partial charge in [0.1, 0.15) is 0 Å². The Kier molecular flexibility index (Phi) is 10.8. The van der Waals surface area contributed by atoms with Crippen molar-refractivity contribution in [2.75, 3.05) is 0 Å². The van der Waals surface area contributed by atoms with Gasteiger partial charge in [0.2, 0.25) is 0 Å². The molecule has 0 aliphatic heterocycles. The topological polar surface area (TPSA) is 18.5 Å². The van der Waals surface area contributed by atoms with Gasteiger partial charge in [0, 0.05) is 0 Å². The summed E-state index contributed by atoms with van der Waals surface area (Å²) in [5.41, 5.74) is 0.985. The number of hydrogen-bond acceptors (Lipinski definition) is 3. The first kappa shape index (κ1) is 29.8. The average Bonchev–Trinajstić information content (AvgIpc) is 3.16. The van der Waals surface area contributed by atoms with Gasteiger partial charge in [0.15, 0.2) is 0 Å². The normalized spacial score (nSPS) is 11.2. The van der Waals surface area contributed by atoms with Crippen LogP contribution in [0.25, 0.3) is 0 Å². The van der Waals surface area contributed by atoms with Crippen molar-refractivity contribution < 1.29 is 33.6 Å². The predicted octanol–water partition coefficient (Wildman–Crippen LogP) is 8.22. The Balaban J connectivity index is 0.00000272. The summed E-state index contributed by atoms with van der Waals surface area (Å²) in [7, 11) is 0. The molecule has 1 aromatic heterocycles. The fraction of sp³-hybridized carbons (Fsp3) is 0.320. The summed E-state index contributed by atoms with van der Waals surface area (Å²) in [6.07, 6.45) is 0. The van der Waals surface area contributed by atoms with Crippen LogP contribution in [0.5, 0.6) is 11.5 Å². The van der Waals surface area contributed by atoms with Gasteiger partial charge in [-0.2, -0.15) is 0 Å². The Morgan fingerprint density at radius 1 is 0.758 bits per heavy atom. The summed E-state index contributed by atoms with van der Waals surface area (Å²) < 4.78 is 42.9. The molecule has 0 fully saturated rings. The van der Waals surface area contributed by atoms with Gasteiger partial charge in [0.05, 0.1) is 0 Å². The molecule has 1 heterocycles. The third kappa shape index (κ3) is 8.19. The minimum atomic E-state index is -2.81.